The lowest BCUT2D eigenvalue weighted by molar-refractivity contribution is -0.136. The summed E-state index contributed by atoms with van der Waals surface area (Å²) in [5.41, 5.74) is -1.06. The molecular formula is C16H28ClN5O2. The minimum Gasteiger partial charge on any atom is -0.350 e. The van der Waals surface area contributed by atoms with E-state index in [1.165, 1.54) is 0 Å². The van der Waals surface area contributed by atoms with Gasteiger partial charge in [0, 0.05) is 17.9 Å². The number of carbonyl (C=O) groups excluding carboxylic acids is 2. The first-order valence-electron chi connectivity index (χ1n) is 8.08. The maximum absolute atomic E-state index is 12.9. The lowest BCUT2D eigenvalue weighted by atomic mass is 9.87. The molecule has 1 unspecified atom stereocenters. The maximum Gasteiger partial charge on any atom is 0.248 e. The van der Waals surface area contributed by atoms with Gasteiger partial charge in [-0.1, -0.05) is 0 Å². The molecule has 7 nitrogen and oxygen atoms in total. The van der Waals surface area contributed by atoms with Crippen molar-refractivity contribution >= 4 is 24.2 Å². The molecule has 1 aromatic rings. The van der Waals surface area contributed by atoms with Gasteiger partial charge in [0.1, 0.15) is 11.6 Å². The van der Waals surface area contributed by atoms with E-state index in [9.17, 15) is 9.59 Å². The molecule has 0 radical (unpaired) electrons. The van der Waals surface area contributed by atoms with Crippen LogP contribution < -0.4 is 16.0 Å². The highest BCUT2D eigenvalue weighted by molar-refractivity contribution is 5.91. The molecule has 2 rings (SSSR count). The topological polar surface area (TPSA) is 88.1 Å². The molecule has 1 saturated heterocycles. The molecule has 2 heterocycles. The van der Waals surface area contributed by atoms with Crippen LogP contribution in [-0.4, -0.2) is 46.3 Å². The van der Waals surface area contributed by atoms with Crippen molar-refractivity contribution in [3.05, 3.63) is 18.5 Å². The van der Waals surface area contributed by atoms with Gasteiger partial charge in [-0.15, -0.1) is 12.4 Å². The molecule has 2 amide bonds. The molecule has 1 atom stereocenters. The van der Waals surface area contributed by atoms with Crippen LogP contribution in [0.5, 0.6) is 0 Å². The Morgan fingerprint density at radius 1 is 1.29 bits per heavy atom. The fourth-order valence-electron chi connectivity index (χ4n) is 2.80. The Balaban J connectivity index is 0.00000288. The van der Waals surface area contributed by atoms with Crippen LogP contribution in [0.2, 0.25) is 0 Å². The number of hydrogen-bond donors (Lipinski definition) is 3. The highest BCUT2D eigenvalue weighted by Gasteiger charge is 2.42. The molecular weight excluding hydrogens is 330 g/mol. The Bertz CT molecular complexity index is 547. The lowest BCUT2D eigenvalue weighted by Crippen LogP contribution is -2.59. The summed E-state index contributed by atoms with van der Waals surface area (Å²) >= 11 is 0. The van der Waals surface area contributed by atoms with Gasteiger partial charge in [-0.05, 0) is 59.7 Å². The first-order valence-corrected chi connectivity index (χ1v) is 8.08. The highest BCUT2D eigenvalue weighted by atomic mass is 35.5. The van der Waals surface area contributed by atoms with Crippen molar-refractivity contribution in [3.63, 3.8) is 0 Å². The summed E-state index contributed by atoms with van der Waals surface area (Å²) in [5.74, 6) is -0.338. The van der Waals surface area contributed by atoms with E-state index in [2.05, 4.69) is 21.0 Å². The molecule has 1 aromatic heterocycles. The van der Waals surface area contributed by atoms with Crippen molar-refractivity contribution in [1.82, 2.24) is 25.7 Å². The molecule has 3 N–H and O–H groups in total. The fourth-order valence-corrected chi connectivity index (χ4v) is 2.80. The summed E-state index contributed by atoms with van der Waals surface area (Å²) in [6.45, 7) is 8.94. The van der Waals surface area contributed by atoms with Crippen LogP contribution in [0.15, 0.2) is 18.5 Å². The molecule has 0 aliphatic carbocycles. The number of piperidine rings is 1. The van der Waals surface area contributed by atoms with Gasteiger partial charge in [-0.2, -0.15) is 5.10 Å². The Kier molecular flexibility index (Phi) is 6.80. The van der Waals surface area contributed by atoms with Crippen LogP contribution >= 0.6 is 12.4 Å². The molecule has 136 valence electrons. The predicted octanol–water partition coefficient (Wildman–Crippen LogP) is 0.803. The van der Waals surface area contributed by atoms with Gasteiger partial charge in [-0.25, -0.2) is 0 Å². The molecule has 1 aliphatic heterocycles. The fraction of sp³-hybridized carbons (Fsp3) is 0.688. The van der Waals surface area contributed by atoms with Gasteiger partial charge in [0.05, 0.1) is 0 Å². The molecule has 0 aromatic carbocycles. The summed E-state index contributed by atoms with van der Waals surface area (Å²) < 4.78 is 1.72. The smallest absolute Gasteiger partial charge is 0.248 e. The number of nitrogens with one attached hydrogen (secondary N) is 3. The summed E-state index contributed by atoms with van der Waals surface area (Å²) in [4.78, 5) is 25.1. The van der Waals surface area contributed by atoms with E-state index in [1.54, 1.807) is 17.8 Å². The third kappa shape index (κ3) is 4.70. The van der Waals surface area contributed by atoms with Crippen LogP contribution in [0.4, 0.5) is 0 Å². The van der Waals surface area contributed by atoms with Gasteiger partial charge in [0.15, 0.2) is 0 Å². The van der Waals surface area contributed by atoms with Gasteiger partial charge in [-0.3, -0.25) is 14.3 Å². The second-order valence-electron chi connectivity index (χ2n) is 7.17. The number of halogens is 1. The van der Waals surface area contributed by atoms with Crippen molar-refractivity contribution in [2.45, 2.75) is 57.7 Å². The summed E-state index contributed by atoms with van der Waals surface area (Å²) in [6.07, 6.45) is 4.78. The minimum atomic E-state index is -0.731. The zero-order valence-corrected chi connectivity index (χ0v) is 15.6. The van der Waals surface area contributed by atoms with Crippen molar-refractivity contribution in [3.8, 4) is 0 Å². The van der Waals surface area contributed by atoms with Crippen LogP contribution in [-0.2, 0) is 15.1 Å². The van der Waals surface area contributed by atoms with E-state index < -0.39 is 11.6 Å². The Morgan fingerprint density at radius 2 is 1.92 bits per heavy atom. The molecule has 0 bridgehead atoms. The number of carbonyl (C=O) groups is 2. The summed E-state index contributed by atoms with van der Waals surface area (Å²) in [6, 6.07) is 1.22. The van der Waals surface area contributed by atoms with Gasteiger partial charge < -0.3 is 16.0 Å². The van der Waals surface area contributed by atoms with Crippen molar-refractivity contribution in [2.24, 2.45) is 0 Å². The van der Waals surface area contributed by atoms with E-state index >= 15 is 0 Å². The second kappa shape index (κ2) is 7.98. The number of amides is 2. The quantitative estimate of drug-likeness (QED) is 0.743. The molecule has 24 heavy (non-hydrogen) atoms. The largest absolute Gasteiger partial charge is 0.350 e. The van der Waals surface area contributed by atoms with Crippen LogP contribution in [0, 0.1) is 0 Å². The standard InChI is InChI=1S/C16H27N5O2.ClH/c1-12(13(22)20-15(2,3)4)19-14(23)16(6-9-17-10-7-16)21-11-5-8-18-21;/h5,8,11-12,17H,6-7,9-10H2,1-4H3,(H,19,23)(H,20,22);1H. The minimum absolute atomic E-state index is 0. The first kappa shape index (κ1) is 20.4. The predicted molar refractivity (Wildman–Crippen MR) is 95.1 cm³/mol. The Morgan fingerprint density at radius 3 is 2.42 bits per heavy atom. The first-order chi connectivity index (χ1) is 10.7. The van der Waals surface area contributed by atoms with E-state index in [1.807, 2.05) is 33.0 Å². The van der Waals surface area contributed by atoms with Crippen molar-refractivity contribution in [1.29, 1.82) is 0 Å². The van der Waals surface area contributed by atoms with E-state index in [4.69, 9.17) is 0 Å². The van der Waals surface area contributed by atoms with Crippen LogP contribution in [0.1, 0.15) is 40.5 Å². The number of rotatable bonds is 4. The maximum atomic E-state index is 12.9. The summed E-state index contributed by atoms with van der Waals surface area (Å²) in [7, 11) is 0. The summed E-state index contributed by atoms with van der Waals surface area (Å²) in [5, 5.41) is 13.3. The van der Waals surface area contributed by atoms with Crippen molar-refractivity contribution < 1.29 is 9.59 Å². The number of nitrogens with zero attached hydrogens (tertiary/aromatic N) is 2. The third-order valence-corrected chi connectivity index (χ3v) is 4.04. The van der Waals surface area contributed by atoms with Crippen molar-refractivity contribution in [2.75, 3.05) is 13.1 Å². The molecule has 0 saturated carbocycles. The normalized spacial score (nSPS) is 18.2. The number of hydrogen-bond acceptors (Lipinski definition) is 4. The molecule has 1 fully saturated rings. The van der Waals surface area contributed by atoms with E-state index in [-0.39, 0.29) is 29.8 Å². The van der Waals surface area contributed by atoms with E-state index in [0.29, 0.717) is 12.8 Å². The zero-order valence-electron chi connectivity index (χ0n) is 14.8. The van der Waals surface area contributed by atoms with Gasteiger partial charge in [0.2, 0.25) is 11.8 Å². The monoisotopic (exact) mass is 357 g/mol. The number of aromatic nitrogens is 2. The SMILES string of the molecule is CC(NC(=O)C1(n2cccn2)CCNCC1)C(=O)NC(C)(C)C.Cl. The molecule has 0 spiro atoms. The lowest BCUT2D eigenvalue weighted by Gasteiger charge is -2.37. The van der Waals surface area contributed by atoms with Crippen LogP contribution in [0.3, 0.4) is 0 Å². The Labute approximate surface area is 149 Å². The third-order valence-electron chi connectivity index (χ3n) is 4.04. The molecule has 8 heteroatoms. The van der Waals surface area contributed by atoms with Crippen LogP contribution in [0.25, 0.3) is 0 Å². The van der Waals surface area contributed by atoms with E-state index in [0.717, 1.165) is 13.1 Å². The van der Waals surface area contributed by atoms with Gasteiger partial charge >= 0.3 is 0 Å². The van der Waals surface area contributed by atoms with Gasteiger partial charge in [0.25, 0.3) is 0 Å². The average Bonchev–Trinajstić information content (AvgIpc) is 3.00. The Hall–Kier alpha value is -1.60. The second-order valence-corrected chi connectivity index (χ2v) is 7.17. The molecule has 1 aliphatic rings. The highest BCUT2D eigenvalue weighted by Crippen LogP contribution is 2.27. The average molecular weight is 358 g/mol. The zero-order chi connectivity index (χ0) is 17.1.